The predicted molar refractivity (Wildman–Crippen MR) is 69.1 cm³/mol. The second-order valence-electron chi connectivity index (χ2n) is 4.19. The SMILES string of the molecule is O=P(O)(O)C(CN(O)CC(P(=O)(O)O)P(=O)(O)O)P(=O)(O)O. The van der Waals surface area contributed by atoms with Gasteiger partial charge in [0, 0.05) is 13.1 Å². The van der Waals surface area contributed by atoms with Crippen LogP contribution in [-0.2, 0) is 18.3 Å². The molecule has 0 atom stereocenters. The van der Waals surface area contributed by atoms with Crippen molar-refractivity contribution in [2.24, 2.45) is 0 Å². The Morgan fingerprint density at radius 2 is 0.773 bits per heavy atom. The van der Waals surface area contributed by atoms with Gasteiger partial charge in [0.05, 0.1) is 0 Å². The van der Waals surface area contributed by atoms with Crippen molar-refractivity contribution in [3.05, 3.63) is 0 Å². The minimum Gasteiger partial charge on any atom is -0.324 e. The summed E-state index contributed by atoms with van der Waals surface area (Å²) >= 11 is 0. The molecule has 0 aliphatic heterocycles. The van der Waals surface area contributed by atoms with Crippen LogP contribution in [0.5, 0.6) is 0 Å². The lowest BCUT2D eigenvalue weighted by Crippen LogP contribution is -2.35. The Bertz CT molecular complexity index is 471. The second-order valence-corrected chi connectivity index (χ2v) is 12.2. The Balaban J connectivity index is 5.32. The largest absolute Gasteiger partial charge is 0.342 e. The molecule has 0 saturated carbocycles. The third-order valence-corrected chi connectivity index (χ3v) is 9.67. The molecule has 0 rings (SSSR count). The molecule has 0 aromatic heterocycles. The third kappa shape index (κ3) is 7.39. The number of hydrogen-bond acceptors (Lipinski definition) is 6. The Morgan fingerprint density at radius 1 is 0.591 bits per heavy atom. The topological polar surface area (TPSA) is 254 Å². The first-order chi connectivity index (χ1) is 9.37. The van der Waals surface area contributed by atoms with Gasteiger partial charge in [0.2, 0.25) is 0 Å². The van der Waals surface area contributed by atoms with E-state index < -0.39 is 54.3 Å². The van der Waals surface area contributed by atoms with Crippen LogP contribution in [0.4, 0.5) is 0 Å². The van der Waals surface area contributed by atoms with Crippen molar-refractivity contribution < 1.29 is 62.6 Å². The highest BCUT2D eigenvalue weighted by atomic mass is 31.2. The number of hydrogen-bond donors (Lipinski definition) is 9. The van der Waals surface area contributed by atoms with Gasteiger partial charge in [0.15, 0.2) is 10.8 Å². The van der Waals surface area contributed by atoms with E-state index in [4.69, 9.17) is 39.1 Å². The summed E-state index contributed by atoms with van der Waals surface area (Å²) in [6, 6.07) is 0. The van der Waals surface area contributed by atoms with Gasteiger partial charge in [0.25, 0.3) is 0 Å². The number of nitrogens with zero attached hydrogens (tertiary/aromatic N) is 1. The van der Waals surface area contributed by atoms with E-state index >= 15 is 0 Å². The Labute approximate surface area is 123 Å². The fourth-order valence-corrected chi connectivity index (χ4v) is 6.01. The molecule has 0 unspecified atom stereocenters. The van der Waals surface area contributed by atoms with Gasteiger partial charge in [-0.05, 0) is 0 Å². The monoisotopic (exact) mass is 409 g/mol. The van der Waals surface area contributed by atoms with Crippen LogP contribution in [0, 0.1) is 0 Å². The highest BCUT2D eigenvalue weighted by Gasteiger charge is 2.48. The maximum atomic E-state index is 11.0. The molecule has 0 amide bonds. The van der Waals surface area contributed by atoms with E-state index in [2.05, 4.69) is 0 Å². The van der Waals surface area contributed by atoms with E-state index in [9.17, 15) is 23.5 Å². The molecule has 0 aliphatic carbocycles. The Morgan fingerprint density at radius 3 is 0.909 bits per heavy atom. The first-order valence-corrected chi connectivity index (χ1v) is 11.7. The summed E-state index contributed by atoms with van der Waals surface area (Å²) in [5, 5.41) is 3.45. The molecule has 22 heavy (non-hydrogen) atoms. The molecule has 0 aromatic rings. The van der Waals surface area contributed by atoms with Crippen LogP contribution in [-0.4, -0.2) is 73.3 Å². The highest BCUT2D eigenvalue weighted by Crippen LogP contribution is 2.61. The fraction of sp³-hybridized carbons (Fsp3) is 1.00. The van der Waals surface area contributed by atoms with E-state index in [0.29, 0.717) is 0 Å². The summed E-state index contributed by atoms with van der Waals surface area (Å²) in [5.41, 5.74) is 0. The van der Waals surface area contributed by atoms with Crippen molar-refractivity contribution in [3.63, 3.8) is 0 Å². The van der Waals surface area contributed by atoms with Crippen LogP contribution in [0.15, 0.2) is 0 Å². The van der Waals surface area contributed by atoms with Gasteiger partial charge in [-0.2, -0.15) is 5.06 Å². The second kappa shape index (κ2) is 7.18. The molecule has 0 radical (unpaired) electrons. The minimum atomic E-state index is -5.43. The van der Waals surface area contributed by atoms with Gasteiger partial charge in [-0.3, -0.25) is 18.3 Å². The molecule has 0 aromatic carbocycles. The minimum absolute atomic E-state index is 0.383. The average molecular weight is 409 g/mol. The molecular weight excluding hydrogens is 394 g/mol. The zero-order valence-electron chi connectivity index (χ0n) is 10.5. The van der Waals surface area contributed by atoms with Crippen molar-refractivity contribution in [1.82, 2.24) is 5.06 Å². The normalized spacial score (nSPS) is 15.1. The molecule has 134 valence electrons. The molecule has 0 fully saturated rings. The molecular formula is C4H15NO13P4. The highest BCUT2D eigenvalue weighted by molar-refractivity contribution is 7.71. The van der Waals surface area contributed by atoms with Gasteiger partial charge in [0.1, 0.15) is 0 Å². The number of rotatable bonds is 8. The maximum Gasteiger partial charge on any atom is 0.342 e. The van der Waals surface area contributed by atoms with Crippen LogP contribution < -0.4 is 0 Å². The summed E-state index contributed by atoms with van der Waals surface area (Å²) < 4.78 is 43.8. The van der Waals surface area contributed by atoms with E-state index in [1.807, 2.05) is 0 Å². The van der Waals surface area contributed by atoms with Crippen molar-refractivity contribution in [3.8, 4) is 0 Å². The van der Waals surface area contributed by atoms with Crippen LogP contribution in [0.1, 0.15) is 0 Å². The first-order valence-electron chi connectivity index (χ1n) is 5.01. The molecule has 0 bridgehead atoms. The van der Waals surface area contributed by atoms with Crippen LogP contribution in [0.3, 0.4) is 0 Å². The molecule has 18 heteroatoms. The van der Waals surface area contributed by atoms with Crippen LogP contribution in [0.2, 0.25) is 0 Å². The van der Waals surface area contributed by atoms with Crippen molar-refractivity contribution in [1.29, 1.82) is 0 Å². The Kier molecular flexibility index (Phi) is 7.35. The summed E-state index contributed by atoms with van der Waals surface area (Å²) in [6.45, 7) is -2.96. The average Bonchev–Trinajstić information content (AvgIpc) is 2.15. The standard InChI is InChI=1S/C4H15NO13P4/c6-5(1-3(19(7,8)9)20(10,11)12)2-4(21(13,14)15)22(16,17)18/h3-4,6H,1-2H2,(H2,7,8,9)(H2,10,11,12)(H2,13,14,15)(H2,16,17,18). The number of hydroxylamine groups is 2. The van der Waals surface area contributed by atoms with Crippen molar-refractivity contribution in [2.75, 3.05) is 13.1 Å². The molecule has 14 nitrogen and oxygen atoms in total. The fourth-order valence-electron chi connectivity index (χ4n) is 1.27. The van der Waals surface area contributed by atoms with E-state index in [1.165, 1.54) is 0 Å². The Hall–Kier alpha value is 0.520. The summed E-state index contributed by atoms with van der Waals surface area (Å²) in [6.07, 6.45) is 0. The molecule has 0 saturated heterocycles. The van der Waals surface area contributed by atoms with Crippen molar-refractivity contribution >= 4 is 30.4 Å². The maximum absolute atomic E-state index is 11.0. The first kappa shape index (κ1) is 22.5. The van der Waals surface area contributed by atoms with Gasteiger partial charge in [-0.25, -0.2) is 0 Å². The molecule has 9 N–H and O–H groups in total. The summed E-state index contributed by atoms with van der Waals surface area (Å²) in [7, 11) is -21.7. The van der Waals surface area contributed by atoms with E-state index in [0.717, 1.165) is 0 Å². The molecule has 0 spiro atoms. The lowest BCUT2D eigenvalue weighted by Gasteiger charge is -2.27. The lowest BCUT2D eigenvalue weighted by atomic mass is 10.6. The van der Waals surface area contributed by atoms with Gasteiger partial charge < -0.3 is 44.4 Å². The quantitative estimate of drug-likeness (QED) is 0.156. The van der Waals surface area contributed by atoms with Crippen LogP contribution >= 0.6 is 30.4 Å². The van der Waals surface area contributed by atoms with E-state index in [-0.39, 0.29) is 5.06 Å². The molecule has 0 aliphatic rings. The van der Waals surface area contributed by atoms with Crippen molar-refractivity contribution in [2.45, 2.75) is 10.8 Å². The zero-order chi connectivity index (χ0) is 18.1. The van der Waals surface area contributed by atoms with Gasteiger partial charge in [-0.1, -0.05) is 0 Å². The zero-order valence-corrected chi connectivity index (χ0v) is 14.0. The lowest BCUT2D eigenvalue weighted by molar-refractivity contribution is -0.0868. The molecule has 0 heterocycles. The summed E-state index contributed by atoms with van der Waals surface area (Å²) in [4.78, 5) is 70.3. The van der Waals surface area contributed by atoms with Gasteiger partial charge in [-0.15, -0.1) is 0 Å². The van der Waals surface area contributed by atoms with Crippen LogP contribution in [0.25, 0.3) is 0 Å². The van der Waals surface area contributed by atoms with E-state index in [1.54, 1.807) is 0 Å². The summed E-state index contributed by atoms with van der Waals surface area (Å²) in [5.74, 6) is 0. The van der Waals surface area contributed by atoms with Gasteiger partial charge >= 0.3 is 30.4 Å². The predicted octanol–water partition coefficient (Wildman–Crippen LogP) is -1.96. The smallest absolute Gasteiger partial charge is 0.324 e. The third-order valence-electron chi connectivity index (χ3n) is 2.30.